The Morgan fingerprint density at radius 3 is 2.70 bits per heavy atom. The van der Waals surface area contributed by atoms with Gasteiger partial charge in [-0.2, -0.15) is 0 Å². The van der Waals surface area contributed by atoms with Gasteiger partial charge in [0.25, 0.3) is 0 Å². The first kappa shape index (κ1) is 15.4. The normalized spacial score (nSPS) is 23.9. The number of rotatable bonds is 4. The number of carbonyl (C=O) groups is 1. The van der Waals surface area contributed by atoms with Crippen LogP contribution in [0.25, 0.3) is 6.08 Å². The van der Waals surface area contributed by atoms with E-state index in [1.165, 1.54) is 0 Å². The molecule has 0 radical (unpaired) electrons. The molecule has 2 nitrogen and oxygen atoms in total. The van der Waals surface area contributed by atoms with E-state index in [1.54, 1.807) is 12.1 Å². The molecule has 1 saturated carbocycles. The van der Waals surface area contributed by atoms with E-state index in [4.69, 9.17) is 27.9 Å². The predicted octanol–water partition coefficient (Wildman–Crippen LogP) is 4.84. The van der Waals surface area contributed by atoms with E-state index >= 15 is 0 Å². The van der Waals surface area contributed by atoms with Crippen LogP contribution in [0.2, 0.25) is 10.0 Å². The third kappa shape index (κ3) is 3.02. The van der Waals surface area contributed by atoms with Crippen molar-refractivity contribution in [1.82, 2.24) is 0 Å². The van der Waals surface area contributed by atoms with Gasteiger partial charge in [0, 0.05) is 10.0 Å². The molecule has 1 aromatic carbocycles. The van der Waals surface area contributed by atoms with Crippen LogP contribution in [-0.2, 0) is 9.53 Å². The van der Waals surface area contributed by atoms with Crippen molar-refractivity contribution in [3.05, 3.63) is 39.9 Å². The Labute approximate surface area is 129 Å². The number of allylic oxidation sites excluding steroid dienone is 1. The van der Waals surface area contributed by atoms with E-state index in [-0.39, 0.29) is 23.2 Å². The highest BCUT2D eigenvalue weighted by Crippen LogP contribution is 2.59. The fourth-order valence-corrected chi connectivity index (χ4v) is 3.03. The number of esters is 1. The lowest BCUT2D eigenvalue weighted by molar-refractivity contribution is -0.145. The summed E-state index contributed by atoms with van der Waals surface area (Å²) in [4.78, 5) is 11.9. The lowest BCUT2D eigenvalue weighted by Gasteiger charge is -2.01. The predicted molar refractivity (Wildman–Crippen MR) is 82.9 cm³/mol. The second-order valence-electron chi connectivity index (χ2n) is 5.60. The van der Waals surface area contributed by atoms with Crippen LogP contribution in [0.4, 0.5) is 0 Å². The largest absolute Gasteiger partial charge is 0.466 e. The van der Waals surface area contributed by atoms with Crippen LogP contribution in [0, 0.1) is 17.3 Å². The minimum Gasteiger partial charge on any atom is -0.466 e. The molecular formula is C16H18Cl2O2. The zero-order valence-electron chi connectivity index (χ0n) is 11.8. The van der Waals surface area contributed by atoms with Gasteiger partial charge in [-0.3, -0.25) is 4.79 Å². The molecule has 108 valence electrons. The summed E-state index contributed by atoms with van der Waals surface area (Å²) in [6.45, 7) is 6.40. The first-order valence-corrected chi connectivity index (χ1v) is 7.43. The van der Waals surface area contributed by atoms with Gasteiger partial charge < -0.3 is 4.74 Å². The lowest BCUT2D eigenvalue weighted by Crippen LogP contribution is -2.10. The molecule has 0 bridgehead atoms. The van der Waals surface area contributed by atoms with Crippen molar-refractivity contribution < 1.29 is 9.53 Å². The zero-order valence-corrected chi connectivity index (χ0v) is 13.3. The number of hydrogen-bond donors (Lipinski definition) is 0. The van der Waals surface area contributed by atoms with E-state index in [9.17, 15) is 4.79 Å². The molecule has 4 heteroatoms. The third-order valence-corrected chi connectivity index (χ3v) is 4.46. The Kier molecular flexibility index (Phi) is 4.46. The van der Waals surface area contributed by atoms with E-state index in [0.717, 1.165) is 5.56 Å². The Balaban J connectivity index is 2.10. The molecule has 2 unspecified atom stereocenters. The summed E-state index contributed by atoms with van der Waals surface area (Å²) < 4.78 is 5.11. The molecule has 1 fully saturated rings. The van der Waals surface area contributed by atoms with E-state index < -0.39 is 0 Å². The summed E-state index contributed by atoms with van der Waals surface area (Å²) in [6.07, 6.45) is 3.99. The highest BCUT2D eigenvalue weighted by molar-refractivity contribution is 6.35. The Bertz CT molecular complexity index is 549. The van der Waals surface area contributed by atoms with E-state index in [1.807, 2.05) is 25.1 Å². The van der Waals surface area contributed by atoms with Crippen molar-refractivity contribution in [3.8, 4) is 0 Å². The number of hydrogen-bond acceptors (Lipinski definition) is 2. The van der Waals surface area contributed by atoms with Crippen molar-refractivity contribution in [2.45, 2.75) is 20.8 Å². The molecule has 0 aromatic heterocycles. The van der Waals surface area contributed by atoms with Gasteiger partial charge >= 0.3 is 5.97 Å². The lowest BCUT2D eigenvalue weighted by atomic mass is 10.1. The summed E-state index contributed by atoms with van der Waals surface area (Å²) >= 11 is 12.0. The van der Waals surface area contributed by atoms with Crippen LogP contribution in [0.1, 0.15) is 26.3 Å². The summed E-state index contributed by atoms with van der Waals surface area (Å²) in [5, 5.41) is 1.23. The van der Waals surface area contributed by atoms with Gasteiger partial charge in [0.1, 0.15) is 0 Å². The number of ether oxygens (including phenoxy) is 1. The molecule has 0 spiro atoms. The van der Waals surface area contributed by atoms with Gasteiger partial charge in [0.15, 0.2) is 0 Å². The fourth-order valence-electron chi connectivity index (χ4n) is 2.56. The summed E-state index contributed by atoms with van der Waals surface area (Å²) in [5.74, 6) is 0.00687. The summed E-state index contributed by atoms with van der Waals surface area (Å²) in [6, 6.07) is 5.38. The maximum atomic E-state index is 11.9. The fraction of sp³-hybridized carbons (Fsp3) is 0.438. The van der Waals surface area contributed by atoms with Crippen molar-refractivity contribution in [2.75, 3.05) is 6.61 Å². The third-order valence-electron chi connectivity index (χ3n) is 3.90. The second kappa shape index (κ2) is 5.79. The minimum atomic E-state index is -0.116. The smallest absolute Gasteiger partial charge is 0.310 e. The molecule has 2 rings (SSSR count). The van der Waals surface area contributed by atoms with Crippen LogP contribution < -0.4 is 0 Å². The zero-order chi connectivity index (χ0) is 14.9. The van der Waals surface area contributed by atoms with Crippen LogP contribution in [0.5, 0.6) is 0 Å². The van der Waals surface area contributed by atoms with Gasteiger partial charge in [-0.05, 0) is 36.0 Å². The molecule has 1 aliphatic rings. The highest BCUT2D eigenvalue weighted by Gasteiger charge is 2.61. The quantitative estimate of drug-likeness (QED) is 0.743. The monoisotopic (exact) mass is 312 g/mol. The molecule has 20 heavy (non-hydrogen) atoms. The van der Waals surface area contributed by atoms with Gasteiger partial charge in [0.2, 0.25) is 0 Å². The van der Waals surface area contributed by atoms with Crippen LogP contribution in [0.15, 0.2) is 24.3 Å². The standard InChI is InChI=1S/C16H18Cl2O2/c1-4-20-15(19)14-12(16(14,2)3)8-6-10-5-7-11(17)9-13(10)18/h5-9,12,14H,4H2,1-3H3/b8-6+. The van der Waals surface area contributed by atoms with Gasteiger partial charge in [-0.1, -0.05) is 55.3 Å². The molecule has 0 saturated heterocycles. The molecule has 2 atom stereocenters. The molecule has 0 heterocycles. The number of halogens is 2. The van der Waals surface area contributed by atoms with Crippen molar-refractivity contribution in [2.24, 2.45) is 17.3 Å². The first-order valence-electron chi connectivity index (χ1n) is 6.67. The first-order chi connectivity index (χ1) is 9.37. The van der Waals surface area contributed by atoms with E-state index in [2.05, 4.69) is 13.8 Å². The van der Waals surface area contributed by atoms with Crippen molar-refractivity contribution in [1.29, 1.82) is 0 Å². The molecular weight excluding hydrogens is 295 g/mol. The minimum absolute atomic E-state index is 0.0539. The Hall–Kier alpha value is -0.990. The Morgan fingerprint density at radius 1 is 1.40 bits per heavy atom. The Morgan fingerprint density at radius 2 is 2.10 bits per heavy atom. The van der Waals surface area contributed by atoms with Gasteiger partial charge in [-0.25, -0.2) is 0 Å². The molecule has 0 N–H and O–H groups in total. The molecule has 1 aromatic rings. The van der Waals surface area contributed by atoms with Crippen molar-refractivity contribution >= 4 is 35.2 Å². The SMILES string of the molecule is CCOC(=O)C1C(/C=C/c2ccc(Cl)cc2Cl)C1(C)C. The molecule has 1 aliphatic carbocycles. The molecule has 0 aliphatic heterocycles. The topological polar surface area (TPSA) is 26.3 Å². The van der Waals surface area contributed by atoms with E-state index in [0.29, 0.717) is 16.7 Å². The average molecular weight is 313 g/mol. The maximum Gasteiger partial charge on any atom is 0.310 e. The van der Waals surface area contributed by atoms with Gasteiger partial charge in [0.05, 0.1) is 12.5 Å². The van der Waals surface area contributed by atoms with Crippen LogP contribution in [-0.4, -0.2) is 12.6 Å². The number of benzene rings is 1. The average Bonchev–Trinajstić information content (AvgIpc) is 2.90. The summed E-state index contributed by atoms with van der Waals surface area (Å²) in [7, 11) is 0. The highest BCUT2D eigenvalue weighted by atomic mass is 35.5. The molecule has 0 amide bonds. The van der Waals surface area contributed by atoms with Gasteiger partial charge in [-0.15, -0.1) is 0 Å². The second-order valence-corrected chi connectivity index (χ2v) is 6.45. The van der Waals surface area contributed by atoms with Crippen LogP contribution in [0.3, 0.4) is 0 Å². The maximum absolute atomic E-state index is 11.9. The van der Waals surface area contributed by atoms with Crippen molar-refractivity contribution in [3.63, 3.8) is 0 Å². The number of carbonyl (C=O) groups excluding carboxylic acids is 1. The summed E-state index contributed by atoms with van der Waals surface area (Å²) in [5.41, 5.74) is 0.850. The van der Waals surface area contributed by atoms with Crippen LogP contribution >= 0.6 is 23.2 Å².